The van der Waals surface area contributed by atoms with Crippen molar-refractivity contribution in [3.05, 3.63) is 28.7 Å². The van der Waals surface area contributed by atoms with Crippen LogP contribution in [0, 0.1) is 5.92 Å². The second-order valence-corrected chi connectivity index (χ2v) is 6.13. The molecule has 0 aliphatic carbocycles. The molecular weight excluding hydrogens is 282 g/mol. The van der Waals surface area contributed by atoms with Crippen molar-refractivity contribution in [2.45, 2.75) is 20.3 Å². The number of fused-ring (bicyclic) bond motifs is 1. The third-order valence-electron chi connectivity index (χ3n) is 3.98. The highest BCUT2D eigenvalue weighted by Gasteiger charge is 2.23. The van der Waals surface area contributed by atoms with Crippen LogP contribution in [0.1, 0.15) is 20.3 Å². The number of carbonyl (C=O) groups is 1. The molecule has 2 heterocycles. The van der Waals surface area contributed by atoms with Crippen molar-refractivity contribution in [2.75, 3.05) is 31.1 Å². The van der Waals surface area contributed by atoms with Crippen molar-refractivity contribution in [2.24, 2.45) is 5.92 Å². The fraction of sp³-hybridized carbons (Fsp3) is 0.500. The van der Waals surface area contributed by atoms with E-state index in [-0.39, 0.29) is 5.91 Å². The molecule has 2 aromatic rings. The average Bonchev–Trinajstić information content (AvgIpc) is 2.86. The molecule has 0 atom stereocenters. The van der Waals surface area contributed by atoms with Gasteiger partial charge in [-0.05, 0) is 18.1 Å². The lowest BCUT2D eigenvalue weighted by Gasteiger charge is -2.36. The van der Waals surface area contributed by atoms with E-state index in [4.69, 9.17) is 4.42 Å². The summed E-state index contributed by atoms with van der Waals surface area (Å²) in [6, 6.07) is 5.68. The van der Waals surface area contributed by atoms with Crippen LogP contribution in [-0.4, -0.2) is 42.0 Å². The van der Waals surface area contributed by atoms with E-state index in [0.717, 1.165) is 18.8 Å². The molecule has 0 unspecified atom stereocenters. The minimum atomic E-state index is -0.437. The maximum absolute atomic E-state index is 12.1. The predicted octanol–water partition coefficient (Wildman–Crippen LogP) is 1.82. The number of aromatic amines is 1. The second kappa shape index (κ2) is 5.87. The summed E-state index contributed by atoms with van der Waals surface area (Å²) in [6.07, 6.45) is 0.599. The van der Waals surface area contributed by atoms with E-state index in [9.17, 15) is 9.59 Å². The number of piperazine rings is 1. The zero-order chi connectivity index (χ0) is 15.7. The third kappa shape index (κ3) is 2.86. The van der Waals surface area contributed by atoms with Gasteiger partial charge in [0.2, 0.25) is 5.91 Å². The summed E-state index contributed by atoms with van der Waals surface area (Å²) in [5.74, 6) is 0.169. The number of carbonyl (C=O) groups excluding carboxylic acids is 1. The van der Waals surface area contributed by atoms with Crippen LogP contribution in [0.15, 0.2) is 27.4 Å². The number of nitrogens with zero attached hydrogens (tertiary/aromatic N) is 2. The highest BCUT2D eigenvalue weighted by Crippen LogP contribution is 2.26. The smallest absolute Gasteiger partial charge is 0.406 e. The Morgan fingerprint density at radius 2 is 2.00 bits per heavy atom. The quantitative estimate of drug-likeness (QED) is 0.939. The topological polar surface area (TPSA) is 69.6 Å². The van der Waals surface area contributed by atoms with E-state index >= 15 is 0 Å². The molecule has 0 radical (unpaired) electrons. The Kier molecular flexibility index (Phi) is 3.92. The Balaban J connectivity index is 1.73. The summed E-state index contributed by atoms with van der Waals surface area (Å²) in [7, 11) is 0. The van der Waals surface area contributed by atoms with Gasteiger partial charge in [-0.25, -0.2) is 4.79 Å². The van der Waals surface area contributed by atoms with Crippen LogP contribution in [0.25, 0.3) is 11.1 Å². The second-order valence-electron chi connectivity index (χ2n) is 6.13. The van der Waals surface area contributed by atoms with Crippen molar-refractivity contribution in [1.82, 2.24) is 9.88 Å². The summed E-state index contributed by atoms with van der Waals surface area (Å²) < 4.78 is 5.25. The van der Waals surface area contributed by atoms with Crippen molar-refractivity contribution >= 4 is 22.7 Å². The first kappa shape index (κ1) is 14.7. The number of amides is 1. The molecule has 0 saturated carbocycles. The van der Waals surface area contributed by atoms with Gasteiger partial charge in [0.25, 0.3) is 0 Å². The molecule has 118 valence electrons. The lowest BCUT2D eigenvalue weighted by molar-refractivity contribution is -0.132. The number of benzene rings is 1. The largest absolute Gasteiger partial charge is 0.417 e. The number of hydrogen-bond acceptors (Lipinski definition) is 4. The van der Waals surface area contributed by atoms with Crippen LogP contribution in [0.5, 0.6) is 0 Å². The van der Waals surface area contributed by atoms with Crippen molar-refractivity contribution in [3.8, 4) is 0 Å². The van der Waals surface area contributed by atoms with Crippen LogP contribution in [0.2, 0.25) is 0 Å². The molecular formula is C16H21N3O3. The van der Waals surface area contributed by atoms with Gasteiger partial charge in [-0.3, -0.25) is 9.78 Å². The average molecular weight is 303 g/mol. The maximum Gasteiger partial charge on any atom is 0.417 e. The van der Waals surface area contributed by atoms with E-state index in [0.29, 0.717) is 36.5 Å². The lowest BCUT2D eigenvalue weighted by atomic mass is 10.1. The van der Waals surface area contributed by atoms with E-state index in [1.54, 1.807) is 0 Å². The molecule has 1 amide bonds. The van der Waals surface area contributed by atoms with Crippen LogP contribution >= 0.6 is 0 Å². The van der Waals surface area contributed by atoms with Gasteiger partial charge < -0.3 is 14.2 Å². The van der Waals surface area contributed by atoms with Crippen molar-refractivity contribution in [1.29, 1.82) is 0 Å². The number of anilines is 1. The Labute approximate surface area is 128 Å². The Hall–Kier alpha value is -2.24. The summed E-state index contributed by atoms with van der Waals surface area (Å²) in [6.45, 7) is 7.02. The third-order valence-corrected chi connectivity index (χ3v) is 3.98. The first-order valence-electron chi connectivity index (χ1n) is 7.69. The van der Waals surface area contributed by atoms with Crippen molar-refractivity contribution in [3.63, 3.8) is 0 Å². The molecule has 6 heteroatoms. The molecule has 0 bridgehead atoms. The summed E-state index contributed by atoms with van der Waals surface area (Å²) >= 11 is 0. The van der Waals surface area contributed by atoms with Gasteiger partial charge >= 0.3 is 5.76 Å². The Morgan fingerprint density at radius 3 is 2.68 bits per heavy atom. The first-order valence-corrected chi connectivity index (χ1v) is 7.69. The Morgan fingerprint density at radius 1 is 1.27 bits per heavy atom. The fourth-order valence-corrected chi connectivity index (χ4v) is 2.88. The van der Waals surface area contributed by atoms with Crippen LogP contribution < -0.4 is 10.7 Å². The van der Waals surface area contributed by atoms with Crippen LogP contribution in [-0.2, 0) is 4.79 Å². The summed E-state index contributed by atoms with van der Waals surface area (Å²) in [5, 5.41) is 0. The van der Waals surface area contributed by atoms with E-state index in [2.05, 4.69) is 23.7 Å². The van der Waals surface area contributed by atoms with Gasteiger partial charge in [-0.2, -0.15) is 0 Å². The van der Waals surface area contributed by atoms with E-state index in [1.165, 1.54) is 0 Å². The molecule has 3 rings (SSSR count). The molecule has 1 aromatic carbocycles. The number of para-hydroxylation sites is 1. The van der Waals surface area contributed by atoms with E-state index < -0.39 is 5.76 Å². The molecule has 0 spiro atoms. The Bertz CT molecular complexity index is 724. The number of rotatable bonds is 3. The molecule has 1 N–H and O–H groups in total. The fourth-order valence-electron chi connectivity index (χ4n) is 2.88. The van der Waals surface area contributed by atoms with Gasteiger partial charge in [0.15, 0.2) is 5.58 Å². The molecule has 22 heavy (non-hydrogen) atoms. The van der Waals surface area contributed by atoms with Gasteiger partial charge in [-0.15, -0.1) is 0 Å². The monoisotopic (exact) mass is 303 g/mol. The number of oxazole rings is 1. The molecule has 1 aliphatic heterocycles. The molecule has 1 aromatic heterocycles. The molecule has 1 fully saturated rings. The highest BCUT2D eigenvalue weighted by molar-refractivity contribution is 5.86. The van der Waals surface area contributed by atoms with Crippen LogP contribution in [0.3, 0.4) is 0 Å². The van der Waals surface area contributed by atoms with Gasteiger partial charge in [0, 0.05) is 32.6 Å². The van der Waals surface area contributed by atoms with Gasteiger partial charge in [0.05, 0.1) is 11.2 Å². The highest BCUT2D eigenvalue weighted by atomic mass is 16.4. The molecule has 6 nitrogen and oxygen atoms in total. The molecule has 1 saturated heterocycles. The summed E-state index contributed by atoms with van der Waals surface area (Å²) in [5.41, 5.74) is 2.21. The number of nitrogens with one attached hydrogen (secondary N) is 1. The minimum absolute atomic E-state index is 0.223. The minimum Gasteiger partial charge on any atom is -0.406 e. The number of hydrogen-bond donors (Lipinski definition) is 1. The first-order chi connectivity index (χ1) is 10.5. The normalized spacial score (nSPS) is 15.8. The molecule has 1 aliphatic rings. The van der Waals surface area contributed by atoms with Crippen molar-refractivity contribution < 1.29 is 9.21 Å². The van der Waals surface area contributed by atoms with Gasteiger partial charge in [0.1, 0.15) is 0 Å². The predicted molar refractivity (Wildman–Crippen MR) is 85.1 cm³/mol. The maximum atomic E-state index is 12.1. The lowest BCUT2D eigenvalue weighted by Crippen LogP contribution is -2.49. The standard InChI is InChI=1S/C16H21N3O3/c1-11(2)10-14(20)19-8-6-18(7-9-19)13-5-3-4-12-15(13)22-16(21)17-12/h3-5,11H,6-10H2,1-2H3,(H,17,21). The van der Waals surface area contributed by atoms with Gasteiger partial charge in [-0.1, -0.05) is 19.9 Å². The number of aromatic nitrogens is 1. The zero-order valence-corrected chi connectivity index (χ0v) is 13.0. The SMILES string of the molecule is CC(C)CC(=O)N1CCN(c2cccc3[nH]c(=O)oc23)CC1. The van der Waals surface area contributed by atoms with Crippen LogP contribution in [0.4, 0.5) is 5.69 Å². The summed E-state index contributed by atoms with van der Waals surface area (Å²) in [4.78, 5) is 30.2. The number of H-pyrrole nitrogens is 1. The van der Waals surface area contributed by atoms with E-state index in [1.807, 2.05) is 23.1 Å². The zero-order valence-electron chi connectivity index (χ0n) is 13.0.